The van der Waals surface area contributed by atoms with E-state index in [0.717, 1.165) is 28.2 Å². The van der Waals surface area contributed by atoms with Gasteiger partial charge in [0.05, 0.1) is 5.69 Å². The monoisotopic (exact) mass is 487 g/mol. The molecule has 13 heteroatoms. The predicted molar refractivity (Wildman–Crippen MR) is 110 cm³/mol. The molecule has 3 aromatic heterocycles. The Bertz CT molecular complexity index is 1260. The van der Waals surface area contributed by atoms with Crippen LogP contribution >= 0.6 is 11.3 Å². The molecule has 0 bridgehead atoms. The summed E-state index contributed by atoms with van der Waals surface area (Å²) < 4.78 is 66.9. The molecule has 1 saturated carbocycles. The van der Waals surface area contributed by atoms with Crippen LogP contribution in [0.2, 0.25) is 0 Å². The Morgan fingerprint density at radius 1 is 1.27 bits per heavy atom. The van der Waals surface area contributed by atoms with Crippen LogP contribution in [0.25, 0.3) is 10.2 Å². The molecule has 1 fully saturated rings. The standard InChI is InChI=1S/C20H18F5N5O2S/c1-7-5-10(16(21)22)27-19-13(7)14(15(33-19)17(26)31)28-18(32)8(2)30-11(9-3-4-9)6-12(29-30)20(23,24)25/h5-6,8-9,16H,3-4H2,1-2H3,(H2,26,31)(H,28,32). The fraction of sp³-hybridized carbons (Fsp3) is 0.400. The molecular weight excluding hydrogens is 469 g/mol. The number of carbonyl (C=O) groups excluding carboxylic acids is 2. The molecule has 7 nitrogen and oxygen atoms in total. The summed E-state index contributed by atoms with van der Waals surface area (Å²) in [5.74, 6) is -1.77. The second-order valence-electron chi connectivity index (χ2n) is 7.85. The van der Waals surface area contributed by atoms with Crippen LogP contribution in [0.4, 0.5) is 27.6 Å². The highest BCUT2D eigenvalue weighted by atomic mass is 32.1. The molecule has 0 aromatic carbocycles. The maximum Gasteiger partial charge on any atom is 0.435 e. The number of thiophene rings is 1. The number of primary amides is 1. The molecule has 1 unspecified atom stereocenters. The van der Waals surface area contributed by atoms with E-state index >= 15 is 0 Å². The Kier molecular flexibility index (Phi) is 5.63. The van der Waals surface area contributed by atoms with E-state index < -0.39 is 41.8 Å². The molecule has 0 aliphatic heterocycles. The molecule has 0 spiro atoms. The number of halogens is 5. The van der Waals surface area contributed by atoms with Crippen LogP contribution in [-0.4, -0.2) is 26.6 Å². The van der Waals surface area contributed by atoms with E-state index in [4.69, 9.17) is 5.73 Å². The lowest BCUT2D eigenvalue weighted by Gasteiger charge is -2.16. The Morgan fingerprint density at radius 2 is 1.94 bits per heavy atom. The first-order chi connectivity index (χ1) is 15.4. The lowest BCUT2D eigenvalue weighted by molar-refractivity contribution is -0.141. The molecule has 1 atom stereocenters. The Morgan fingerprint density at radius 3 is 2.48 bits per heavy atom. The molecule has 3 aromatic rings. The van der Waals surface area contributed by atoms with Crippen LogP contribution in [0.1, 0.15) is 70.5 Å². The minimum atomic E-state index is -4.67. The van der Waals surface area contributed by atoms with Gasteiger partial charge in [-0.05, 0) is 44.4 Å². The number of amides is 2. The summed E-state index contributed by atoms with van der Waals surface area (Å²) >= 11 is 0.748. The number of alkyl halides is 5. The average molecular weight is 487 g/mol. The van der Waals surface area contributed by atoms with Crippen LogP contribution in [0.3, 0.4) is 0 Å². The van der Waals surface area contributed by atoms with Gasteiger partial charge in [-0.2, -0.15) is 18.3 Å². The minimum absolute atomic E-state index is 0.0126. The molecule has 33 heavy (non-hydrogen) atoms. The molecule has 1 aliphatic rings. The molecule has 0 radical (unpaired) electrons. The minimum Gasteiger partial charge on any atom is -0.365 e. The summed E-state index contributed by atoms with van der Waals surface area (Å²) in [7, 11) is 0. The first-order valence-electron chi connectivity index (χ1n) is 9.88. The number of nitrogens with one attached hydrogen (secondary N) is 1. The summed E-state index contributed by atoms with van der Waals surface area (Å²) in [6.07, 6.45) is -6.13. The Hall–Kier alpha value is -3.09. The summed E-state index contributed by atoms with van der Waals surface area (Å²) in [6, 6.07) is 0.926. The number of nitrogens with zero attached hydrogens (tertiary/aromatic N) is 3. The predicted octanol–water partition coefficient (Wildman–Crippen LogP) is 4.93. The largest absolute Gasteiger partial charge is 0.435 e. The third kappa shape index (κ3) is 4.28. The molecule has 3 N–H and O–H groups in total. The molecular formula is C20H18F5N5O2S. The fourth-order valence-electron chi connectivity index (χ4n) is 3.59. The van der Waals surface area contributed by atoms with Gasteiger partial charge in [-0.15, -0.1) is 11.3 Å². The average Bonchev–Trinajstić information content (AvgIpc) is 3.34. The van der Waals surface area contributed by atoms with Crippen molar-refractivity contribution in [2.45, 2.75) is 51.3 Å². The van der Waals surface area contributed by atoms with E-state index in [9.17, 15) is 31.5 Å². The number of rotatable bonds is 6. The van der Waals surface area contributed by atoms with Crippen LogP contribution in [0.15, 0.2) is 12.1 Å². The summed E-state index contributed by atoms with van der Waals surface area (Å²) in [5.41, 5.74) is 4.45. The Balaban J connectivity index is 1.73. The van der Waals surface area contributed by atoms with E-state index in [2.05, 4.69) is 15.4 Å². The van der Waals surface area contributed by atoms with Gasteiger partial charge >= 0.3 is 6.18 Å². The number of pyridine rings is 1. The highest BCUT2D eigenvalue weighted by Crippen LogP contribution is 2.43. The number of hydrogen-bond acceptors (Lipinski definition) is 5. The molecule has 0 saturated heterocycles. The van der Waals surface area contributed by atoms with Crippen LogP contribution in [0.5, 0.6) is 0 Å². The number of hydrogen-bond donors (Lipinski definition) is 2. The third-order valence-electron chi connectivity index (χ3n) is 5.37. The lowest BCUT2D eigenvalue weighted by atomic mass is 10.1. The molecule has 1 aliphatic carbocycles. The topological polar surface area (TPSA) is 103 Å². The van der Waals surface area contributed by atoms with Gasteiger partial charge in [-0.1, -0.05) is 0 Å². The lowest BCUT2D eigenvalue weighted by Crippen LogP contribution is -2.27. The van der Waals surface area contributed by atoms with Gasteiger partial charge in [0.25, 0.3) is 12.3 Å². The van der Waals surface area contributed by atoms with Crippen molar-refractivity contribution >= 4 is 39.1 Å². The molecule has 3 heterocycles. The van der Waals surface area contributed by atoms with Crippen molar-refractivity contribution < 1.29 is 31.5 Å². The number of fused-ring (bicyclic) bond motifs is 1. The summed E-state index contributed by atoms with van der Waals surface area (Å²) in [4.78, 5) is 28.8. The maximum atomic E-state index is 13.2. The molecule has 2 amide bonds. The first-order valence-corrected chi connectivity index (χ1v) is 10.7. The van der Waals surface area contributed by atoms with Gasteiger partial charge in [0.15, 0.2) is 5.69 Å². The normalized spacial score (nSPS) is 15.3. The van der Waals surface area contributed by atoms with Gasteiger partial charge < -0.3 is 11.1 Å². The second-order valence-corrected chi connectivity index (χ2v) is 8.85. The third-order valence-corrected chi connectivity index (χ3v) is 6.47. The number of aromatic nitrogens is 3. The quantitative estimate of drug-likeness (QED) is 0.481. The van der Waals surface area contributed by atoms with Gasteiger partial charge in [0, 0.05) is 17.0 Å². The molecule has 176 valence electrons. The van der Waals surface area contributed by atoms with Gasteiger partial charge in [0.2, 0.25) is 5.91 Å². The van der Waals surface area contributed by atoms with E-state index in [1.54, 1.807) is 0 Å². The number of anilines is 1. The first kappa shape index (κ1) is 23.1. The van der Waals surface area contributed by atoms with E-state index in [1.807, 2.05) is 0 Å². The van der Waals surface area contributed by atoms with E-state index in [-0.39, 0.29) is 26.7 Å². The second kappa shape index (κ2) is 8.04. The van der Waals surface area contributed by atoms with Crippen molar-refractivity contribution in [1.29, 1.82) is 0 Å². The smallest absolute Gasteiger partial charge is 0.365 e. The molecule has 4 rings (SSSR count). The number of carbonyl (C=O) groups is 2. The van der Waals surface area contributed by atoms with Crippen LogP contribution in [-0.2, 0) is 11.0 Å². The zero-order valence-electron chi connectivity index (χ0n) is 17.3. The van der Waals surface area contributed by atoms with E-state index in [1.165, 1.54) is 13.8 Å². The van der Waals surface area contributed by atoms with Crippen molar-refractivity contribution in [3.8, 4) is 0 Å². The maximum absolute atomic E-state index is 13.2. The summed E-state index contributed by atoms with van der Waals surface area (Å²) in [6.45, 7) is 2.90. The van der Waals surface area contributed by atoms with Crippen LogP contribution in [0, 0.1) is 6.92 Å². The highest BCUT2D eigenvalue weighted by Gasteiger charge is 2.39. The number of aryl methyl sites for hydroxylation is 1. The SMILES string of the molecule is Cc1cc(C(F)F)nc2sc(C(N)=O)c(NC(=O)C(C)n3nc(C(F)(F)F)cc3C3CC3)c12. The number of nitrogens with two attached hydrogens (primary N) is 1. The van der Waals surface area contributed by atoms with Gasteiger partial charge in [-0.3, -0.25) is 14.3 Å². The van der Waals surface area contributed by atoms with Crippen molar-refractivity contribution in [2.75, 3.05) is 5.32 Å². The van der Waals surface area contributed by atoms with Crippen LogP contribution < -0.4 is 11.1 Å². The van der Waals surface area contributed by atoms with Crippen molar-refractivity contribution in [3.05, 3.63) is 39.7 Å². The zero-order chi connectivity index (χ0) is 24.2. The fourth-order valence-corrected chi connectivity index (χ4v) is 4.66. The van der Waals surface area contributed by atoms with Crippen molar-refractivity contribution in [3.63, 3.8) is 0 Å². The summed E-state index contributed by atoms with van der Waals surface area (Å²) in [5, 5.41) is 6.41. The zero-order valence-corrected chi connectivity index (χ0v) is 18.2. The highest BCUT2D eigenvalue weighted by molar-refractivity contribution is 7.21. The van der Waals surface area contributed by atoms with Gasteiger partial charge in [0.1, 0.15) is 21.4 Å². The van der Waals surface area contributed by atoms with Crippen molar-refractivity contribution in [1.82, 2.24) is 14.8 Å². The van der Waals surface area contributed by atoms with E-state index in [0.29, 0.717) is 24.1 Å². The van der Waals surface area contributed by atoms with Crippen molar-refractivity contribution in [2.24, 2.45) is 5.73 Å². The Labute approximate surface area is 187 Å². The van der Waals surface area contributed by atoms with Gasteiger partial charge in [-0.25, -0.2) is 13.8 Å².